The molecule has 0 spiro atoms. The van der Waals surface area contributed by atoms with E-state index in [2.05, 4.69) is 27.0 Å². The third-order valence-corrected chi connectivity index (χ3v) is 4.14. The lowest BCUT2D eigenvalue weighted by Crippen LogP contribution is -2.40. The summed E-state index contributed by atoms with van der Waals surface area (Å²) in [5.74, 6) is 1.28. The quantitative estimate of drug-likeness (QED) is 0.494. The molecule has 1 fully saturated rings. The first kappa shape index (κ1) is 16.0. The van der Waals surface area contributed by atoms with E-state index >= 15 is 0 Å². The minimum Gasteiger partial charge on any atom is -0.498 e. The molecule has 2 heteroatoms. The van der Waals surface area contributed by atoms with Gasteiger partial charge in [-0.3, -0.25) is 4.79 Å². The summed E-state index contributed by atoms with van der Waals surface area (Å²) in [6, 6.07) is 0. The second kappa shape index (κ2) is 6.93. The van der Waals surface area contributed by atoms with Crippen LogP contribution in [0.25, 0.3) is 0 Å². The monoisotopic (exact) mass is 264 g/mol. The molecule has 19 heavy (non-hydrogen) atoms. The van der Waals surface area contributed by atoms with Crippen LogP contribution in [0.4, 0.5) is 0 Å². The van der Waals surface area contributed by atoms with Gasteiger partial charge in [-0.25, -0.2) is 0 Å². The maximum Gasteiger partial charge on any atom is 0.137 e. The highest BCUT2D eigenvalue weighted by molar-refractivity contribution is 5.83. The van der Waals surface area contributed by atoms with E-state index in [9.17, 15) is 4.79 Å². The third-order valence-electron chi connectivity index (χ3n) is 4.14. The molecular formula is C17H28O2. The maximum atomic E-state index is 12.0. The van der Waals surface area contributed by atoms with Gasteiger partial charge in [0.1, 0.15) is 5.78 Å². The summed E-state index contributed by atoms with van der Waals surface area (Å²) in [4.78, 5) is 12.0. The minimum absolute atomic E-state index is 0.0117. The summed E-state index contributed by atoms with van der Waals surface area (Å²) in [5, 5.41) is 0. The normalized spacial score (nSPS) is 22.4. The fraction of sp³-hybridized carbons (Fsp3) is 0.706. The molecule has 0 saturated heterocycles. The van der Waals surface area contributed by atoms with Crippen LogP contribution in [-0.2, 0) is 9.53 Å². The summed E-state index contributed by atoms with van der Waals surface area (Å²) in [6.07, 6.45) is 5.40. The molecular weight excluding hydrogens is 236 g/mol. The molecule has 0 heterocycles. The third kappa shape index (κ3) is 3.49. The van der Waals surface area contributed by atoms with Crippen LogP contribution in [0, 0.1) is 11.3 Å². The van der Waals surface area contributed by atoms with E-state index in [0.29, 0.717) is 25.2 Å². The molecule has 0 aromatic carbocycles. The second-order valence-electron chi connectivity index (χ2n) is 5.75. The number of rotatable bonds is 7. The van der Waals surface area contributed by atoms with Crippen LogP contribution in [0.3, 0.4) is 0 Å². The SMILES string of the molecule is C=C1CC(=O)CC(CCC)(CCC)C1C(=C)OCC. The van der Waals surface area contributed by atoms with Crippen LogP contribution in [-0.4, -0.2) is 12.4 Å². The highest BCUT2D eigenvalue weighted by Gasteiger charge is 2.46. The van der Waals surface area contributed by atoms with Gasteiger partial charge >= 0.3 is 0 Å². The zero-order valence-corrected chi connectivity index (χ0v) is 12.8. The van der Waals surface area contributed by atoms with Crippen LogP contribution < -0.4 is 0 Å². The molecule has 1 rings (SSSR count). The van der Waals surface area contributed by atoms with Gasteiger partial charge in [-0.2, -0.15) is 0 Å². The van der Waals surface area contributed by atoms with E-state index in [1.165, 1.54) is 0 Å². The van der Waals surface area contributed by atoms with E-state index in [-0.39, 0.29) is 11.3 Å². The second-order valence-corrected chi connectivity index (χ2v) is 5.75. The first-order valence-electron chi connectivity index (χ1n) is 7.51. The lowest BCUT2D eigenvalue weighted by Gasteiger charge is -2.45. The molecule has 1 aliphatic rings. The Labute approximate surface area is 117 Å². The first-order valence-corrected chi connectivity index (χ1v) is 7.51. The Morgan fingerprint density at radius 1 is 1.32 bits per heavy atom. The molecule has 0 bridgehead atoms. The number of carbonyl (C=O) groups excluding carboxylic acids is 1. The van der Waals surface area contributed by atoms with Crippen molar-refractivity contribution in [2.24, 2.45) is 11.3 Å². The number of allylic oxidation sites excluding steroid dienone is 1. The van der Waals surface area contributed by atoms with E-state index < -0.39 is 0 Å². The van der Waals surface area contributed by atoms with Gasteiger partial charge in [0.15, 0.2) is 0 Å². The van der Waals surface area contributed by atoms with Gasteiger partial charge in [0.25, 0.3) is 0 Å². The van der Waals surface area contributed by atoms with Crippen molar-refractivity contribution >= 4 is 5.78 Å². The standard InChI is InChI=1S/C17H28O2/c1-6-9-17(10-7-2)12-15(18)11-13(4)16(17)14(5)19-8-3/h16H,4-12H2,1-3H3. The number of ketones is 1. The molecule has 0 aromatic rings. The molecule has 0 radical (unpaired) electrons. The summed E-state index contributed by atoms with van der Waals surface area (Å²) in [7, 11) is 0. The molecule has 0 N–H and O–H groups in total. The van der Waals surface area contributed by atoms with Gasteiger partial charge in [0.2, 0.25) is 0 Å². The van der Waals surface area contributed by atoms with Crippen LogP contribution in [0.2, 0.25) is 0 Å². The van der Waals surface area contributed by atoms with Gasteiger partial charge in [0.05, 0.1) is 12.4 Å². The Bertz CT molecular complexity index is 348. The number of carbonyl (C=O) groups is 1. The first-order chi connectivity index (χ1) is 9.00. The summed E-state index contributed by atoms with van der Waals surface area (Å²) in [6.45, 7) is 15.2. The van der Waals surface area contributed by atoms with Crippen LogP contribution in [0.15, 0.2) is 24.5 Å². The van der Waals surface area contributed by atoms with Gasteiger partial charge in [0, 0.05) is 18.8 Å². The van der Waals surface area contributed by atoms with E-state index in [4.69, 9.17) is 4.74 Å². The summed E-state index contributed by atoms with van der Waals surface area (Å²) >= 11 is 0. The molecule has 108 valence electrons. The number of hydrogen-bond acceptors (Lipinski definition) is 2. The predicted molar refractivity (Wildman–Crippen MR) is 79.9 cm³/mol. The zero-order valence-electron chi connectivity index (χ0n) is 12.8. The van der Waals surface area contributed by atoms with E-state index in [1.54, 1.807) is 0 Å². The van der Waals surface area contributed by atoms with Crippen LogP contribution >= 0.6 is 0 Å². The Hall–Kier alpha value is -1.05. The van der Waals surface area contributed by atoms with E-state index in [0.717, 1.165) is 37.0 Å². The van der Waals surface area contributed by atoms with Crippen molar-refractivity contribution in [1.82, 2.24) is 0 Å². The molecule has 0 aromatic heterocycles. The van der Waals surface area contributed by atoms with Gasteiger partial charge in [-0.05, 0) is 25.2 Å². The van der Waals surface area contributed by atoms with Crippen LogP contribution in [0.5, 0.6) is 0 Å². The molecule has 0 amide bonds. The van der Waals surface area contributed by atoms with Crippen molar-refractivity contribution in [3.63, 3.8) is 0 Å². The highest BCUT2D eigenvalue weighted by atomic mass is 16.5. The largest absolute Gasteiger partial charge is 0.498 e. The highest BCUT2D eigenvalue weighted by Crippen LogP contribution is 2.51. The summed E-state index contributed by atoms with van der Waals surface area (Å²) < 4.78 is 5.67. The van der Waals surface area contributed by atoms with Crippen LogP contribution in [0.1, 0.15) is 59.3 Å². The smallest absolute Gasteiger partial charge is 0.137 e. The van der Waals surface area contributed by atoms with Crippen molar-refractivity contribution in [2.75, 3.05) is 6.61 Å². The maximum absolute atomic E-state index is 12.0. The fourth-order valence-corrected chi connectivity index (χ4v) is 3.77. The number of hydrogen-bond donors (Lipinski definition) is 0. The van der Waals surface area contributed by atoms with Crippen molar-refractivity contribution in [3.05, 3.63) is 24.5 Å². The van der Waals surface area contributed by atoms with Crippen molar-refractivity contribution in [3.8, 4) is 0 Å². The van der Waals surface area contributed by atoms with E-state index in [1.807, 2.05) is 6.92 Å². The lowest BCUT2D eigenvalue weighted by atomic mass is 9.59. The van der Waals surface area contributed by atoms with Crippen molar-refractivity contribution in [1.29, 1.82) is 0 Å². The van der Waals surface area contributed by atoms with Crippen molar-refractivity contribution < 1.29 is 9.53 Å². The topological polar surface area (TPSA) is 26.3 Å². The molecule has 0 aliphatic heterocycles. The molecule has 1 aliphatic carbocycles. The zero-order chi connectivity index (χ0) is 14.5. The molecule has 1 atom stereocenters. The van der Waals surface area contributed by atoms with Gasteiger partial charge < -0.3 is 4.74 Å². The fourth-order valence-electron chi connectivity index (χ4n) is 3.77. The minimum atomic E-state index is -0.0117. The Morgan fingerprint density at radius 3 is 2.37 bits per heavy atom. The summed E-state index contributed by atoms with van der Waals surface area (Å²) in [5.41, 5.74) is 0.985. The molecule has 2 nitrogen and oxygen atoms in total. The Morgan fingerprint density at radius 2 is 1.89 bits per heavy atom. The predicted octanol–water partition coefficient (Wildman–Crippen LogP) is 4.66. The number of ether oxygens (including phenoxy) is 1. The lowest BCUT2D eigenvalue weighted by molar-refractivity contribution is -0.124. The number of Topliss-reactive ketones (excluding diaryl/α,β-unsaturated/α-hetero) is 1. The Balaban J connectivity index is 3.11. The average Bonchev–Trinajstić information content (AvgIpc) is 2.28. The average molecular weight is 264 g/mol. The van der Waals surface area contributed by atoms with Gasteiger partial charge in [-0.1, -0.05) is 45.4 Å². The van der Waals surface area contributed by atoms with Gasteiger partial charge in [-0.15, -0.1) is 0 Å². The Kier molecular flexibility index (Phi) is 5.84. The van der Waals surface area contributed by atoms with Crippen molar-refractivity contribution in [2.45, 2.75) is 59.3 Å². The molecule has 1 saturated carbocycles. The molecule has 1 unspecified atom stereocenters.